The molecule has 3 heterocycles. The van der Waals surface area contributed by atoms with Crippen molar-refractivity contribution in [2.75, 3.05) is 26.2 Å². The minimum atomic E-state index is 0.842. The maximum Gasteiger partial charge on any atom is 0.134 e. The lowest BCUT2D eigenvalue weighted by Gasteiger charge is -2.02. The number of nitrogens with zero attached hydrogens (tertiary/aromatic N) is 2. The third-order valence-electron chi connectivity index (χ3n) is 4.78. The van der Waals surface area contributed by atoms with E-state index in [2.05, 4.69) is 69.2 Å². The fraction of sp³-hybridized carbons (Fsp3) is 0.182. The Labute approximate surface area is 157 Å². The molecule has 5 rings (SSSR count). The Balaban J connectivity index is 1.35. The van der Waals surface area contributed by atoms with E-state index in [-0.39, 0.29) is 0 Å². The standard InChI is InChI=1S/C22H20N4O/c1-4-16(21-23-9-10-24-21)5-2-15(1)3-7-19-14-18-13-17(6-8-20(18)27-19)22-25-11-12-26-22/h1-8,13-14H,9-12H2,(H,23,24)(H,25,26). The highest BCUT2D eigenvalue weighted by atomic mass is 16.3. The van der Waals surface area contributed by atoms with Crippen molar-refractivity contribution in [3.8, 4) is 0 Å². The van der Waals surface area contributed by atoms with Crippen LogP contribution in [0.2, 0.25) is 0 Å². The van der Waals surface area contributed by atoms with Crippen LogP contribution in [0.15, 0.2) is 62.9 Å². The first-order valence-corrected chi connectivity index (χ1v) is 9.24. The zero-order chi connectivity index (χ0) is 18.1. The van der Waals surface area contributed by atoms with Crippen LogP contribution >= 0.6 is 0 Å². The third kappa shape index (κ3) is 3.24. The third-order valence-corrected chi connectivity index (χ3v) is 4.78. The van der Waals surface area contributed by atoms with Gasteiger partial charge in [0.15, 0.2) is 0 Å². The van der Waals surface area contributed by atoms with Crippen molar-refractivity contribution in [2.24, 2.45) is 9.98 Å². The van der Waals surface area contributed by atoms with Gasteiger partial charge in [-0.2, -0.15) is 0 Å². The maximum absolute atomic E-state index is 5.94. The van der Waals surface area contributed by atoms with Gasteiger partial charge in [0.25, 0.3) is 0 Å². The van der Waals surface area contributed by atoms with Gasteiger partial charge in [0.2, 0.25) is 0 Å². The zero-order valence-corrected chi connectivity index (χ0v) is 14.9. The van der Waals surface area contributed by atoms with Crippen LogP contribution in [0.3, 0.4) is 0 Å². The molecule has 0 unspecified atom stereocenters. The topological polar surface area (TPSA) is 61.9 Å². The van der Waals surface area contributed by atoms with E-state index >= 15 is 0 Å². The van der Waals surface area contributed by atoms with Gasteiger partial charge in [0.05, 0.1) is 13.1 Å². The number of amidine groups is 2. The summed E-state index contributed by atoms with van der Waals surface area (Å²) in [5, 5.41) is 7.69. The normalized spacial score (nSPS) is 16.4. The molecule has 2 aliphatic rings. The van der Waals surface area contributed by atoms with Crippen LogP contribution in [0.1, 0.15) is 22.5 Å². The summed E-state index contributed by atoms with van der Waals surface area (Å²) in [5.74, 6) is 2.80. The predicted molar refractivity (Wildman–Crippen MR) is 110 cm³/mol. The van der Waals surface area contributed by atoms with Gasteiger partial charge >= 0.3 is 0 Å². The first-order chi connectivity index (χ1) is 13.3. The average molecular weight is 356 g/mol. The number of rotatable bonds is 4. The molecular formula is C22H20N4O. The molecule has 0 aliphatic carbocycles. The molecule has 2 N–H and O–H groups in total. The number of fused-ring (bicyclic) bond motifs is 1. The minimum Gasteiger partial charge on any atom is -0.457 e. The van der Waals surface area contributed by atoms with Crippen molar-refractivity contribution >= 4 is 34.8 Å². The highest BCUT2D eigenvalue weighted by Gasteiger charge is 2.10. The molecule has 0 spiro atoms. The molecule has 3 aromatic rings. The fourth-order valence-electron chi connectivity index (χ4n) is 3.41. The Morgan fingerprint density at radius 2 is 1.48 bits per heavy atom. The lowest BCUT2D eigenvalue weighted by atomic mass is 10.1. The second-order valence-electron chi connectivity index (χ2n) is 6.67. The van der Waals surface area contributed by atoms with E-state index in [1.165, 1.54) is 0 Å². The first kappa shape index (κ1) is 15.9. The van der Waals surface area contributed by atoms with Crippen molar-refractivity contribution in [2.45, 2.75) is 0 Å². The molecule has 0 saturated heterocycles. The summed E-state index contributed by atoms with van der Waals surface area (Å²) in [7, 11) is 0. The second kappa shape index (κ2) is 6.76. The molecule has 0 radical (unpaired) electrons. The molecule has 5 nitrogen and oxygen atoms in total. The Kier molecular flexibility index (Phi) is 3.98. The highest BCUT2D eigenvalue weighted by Crippen LogP contribution is 2.23. The van der Waals surface area contributed by atoms with E-state index in [1.807, 2.05) is 12.1 Å². The molecule has 5 heteroatoms. The number of benzene rings is 2. The van der Waals surface area contributed by atoms with Gasteiger partial charge in [-0.1, -0.05) is 30.3 Å². The summed E-state index contributed by atoms with van der Waals surface area (Å²) in [6, 6.07) is 16.6. The van der Waals surface area contributed by atoms with Crippen LogP contribution in [0.5, 0.6) is 0 Å². The van der Waals surface area contributed by atoms with Gasteiger partial charge in [-0.3, -0.25) is 9.98 Å². The quantitative estimate of drug-likeness (QED) is 0.754. The number of furan rings is 1. The highest BCUT2D eigenvalue weighted by molar-refractivity contribution is 6.02. The molecule has 0 saturated carbocycles. The SMILES string of the molecule is C(=Cc1cc2cc(C3=NCCN3)ccc2o1)c1ccc(C2=NCCN2)cc1. The summed E-state index contributed by atoms with van der Waals surface area (Å²) in [5.41, 5.74) is 4.25. The molecule has 0 bridgehead atoms. The Bertz CT molecular complexity index is 1070. The van der Waals surface area contributed by atoms with Gasteiger partial charge in [-0.25, -0.2) is 0 Å². The van der Waals surface area contributed by atoms with Gasteiger partial charge in [0.1, 0.15) is 23.0 Å². The van der Waals surface area contributed by atoms with Crippen LogP contribution in [0.4, 0.5) is 0 Å². The first-order valence-electron chi connectivity index (χ1n) is 9.24. The summed E-state index contributed by atoms with van der Waals surface area (Å²) in [6.45, 7) is 3.53. The van der Waals surface area contributed by atoms with Crippen molar-refractivity contribution in [3.05, 3.63) is 71.0 Å². The van der Waals surface area contributed by atoms with E-state index in [0.717, 1.165) is 71.3 Å². The van der Waals surface area contributed by atoms with Gasteiger partial charge in [-0.15, -0.1) is 0 Å². The molecule has 0 fully saturated rings. The summed E-state index contributed by atoms with van der Waals surface area (Å²) in [6.07, 6.45) is 4.07. The summed E-state index contributed by atoms with van der Waals surface area (Å²) >= 11 is 0. The lowest BCUT2D eigenvalue weighted by Crippen LogP contribution is -2.19. The summed E-state index contributed by atoms with van der Waals surface area (Å²) in [4.78, 5) is 8.93. The largest absolute Gasteiger partial charge is 0.457 e. The van der Waals surface area contributed by atoms with Crippen LogP contribution in [-0.2, 0) is 0 Å². The van der Waals surface area contributed by atoms with Crippen molar-refractivity contribution < 1.29 is 4.42 Å². The smallest absolute Gasteiger partial charge is 0.134 e. The average Bonchev–Trinajstić information content (AvgIpc) is 3.47. The van der Waals surface area contributed by atoms with Crippen molar-refractivity contribution in [1.29, 1.82) is 0 Å². The molecule has 1 aromatic heterocycles. The Hall–Kier alpha value is -3.34. The van der Waals surface area contributed by atoms with Gasteiger partial charge < -0.3 is 15.1 Å². The zero-order valence-electron chi connectivity index (χ0n) is 14.9. The van der Waals surface area contributed by atoms with Crippen LogP contribution in [0, 0.1) is 0 Å². The second-order valence-corrected chi connectivity index (χ2v) is 6.67. The van der Waals surface area contributed by atoms with Crippen molar-refractivity contribution in [3.63, 3.8) is 0 Å². The van der Waals surface area contributed by atoms with Gasteiger partial charge in [0, 0.05) is 29.6 Å². The van der Waals surface area contributed by atoms with Gasteiger partial charge in [-0.05, 0) is 35.9 Å². The number of aliphatic imine (C=N–C) groups is 2. The molecule has 2 aromatic carbocycles. The number of hydrogen-bond donors (Lipinski definition) is 2. The molecule has 0 atom stereocenters. The molecule has 134 valence electrons. The predicted octanol–water partition coefficient (Wildman–Crippen LogP) is 3.30. The fourth-order valence-corrected chi connectivity index (χ4v) is 3.41. The maximum atomic E-state index is 5.94. The Morgan fingerprint density at radius 3 is 2.19 bits per heavy atom. The Morgan fingerprint density at radius 1 is 0.778 bits per heavy atom. The van der Waals surface area contributed by atoms with E-state index in [4.69, 9.17) is 4.42 Å². The number of hydrogen-bond acceptors (Lipinski definition) is 5. The minimum absolute atomic E-state index is 0.842. The van der Waals surface area contributed by atoms with Crippen LogP contribution in [0.25, 0.3) is 23.1 Å². The van der Waals surface area contributed by atoms with Crippen molar-refractivity contribution in [1.82, 2.24) is 10.6 Å². The van der Waals surface area contributed by atoms with Crippen LogP contribution in [-0.4, -0.2) is 37.9 Å². The number of nitrogens with one attached hydrogen (secondary N) is 2. The molecule has 27 heavy (non-hydrogen) atoms. The van der Waals surface area contributed by atoms with E-state index in [9.17, 15) is 0 Å². The van der Waals surface area contributed by atoms with E-state index in [1.54, 1.807) is 0 Å². The molecular weight excluding hydrogens is 336 g/mol. The van der Waals surface area contributed by atoms with E-state index < -0.39 is 0 Å². The lowest BCUT2D eigenvalue weighted by molar-refractivity contribution is 0.604. The molecule has 2 aliphatic heterocycles. The molecule has 0 amide bonds. The summed E-state index contributed by atoms with van der Waals surface area (Å²) < 4.78 is 5.94. The van der Waals surface area contributed by atoms with Crippen LogP contribution < -0.4 is 10.6 Å². The van der Waals surface area contributed by atoms with E-state index in [0.29, 0.717) is 0 Å². The monoisotopic (exact) mass is 356 g/mol.